The van der Waals surface area contributed by atoms with E-state index in [0.29, 0.717) is 5.69 Å². The highest BCUT2D eigenvalue weighted by Crippen LogP contribution is 2.18. The fourth-order valence-corrected chi connectivity index (χ4v) is 2.74. The second kappa shape index (κ2) is 7.74. The number of hydrogen-bond acceptors (Lipinski definition) is 4. The summed E-state index contributed by atoms with van der Waals surface area (Å²) in [5.41, 5.74) is 1.26. The summed E-state index contributed by atoms with van der Waals surface area (Å²) in [6, 6.07) is 7.08. The number of nitrogens with one attached hydrogen (secondary N) is 1. The zero-order chi connectivity index (χ0) is 18.6. The number of nitro groups is 1. The van der Waals surface area contributed by atoms with E-state index in [2.05, 4.69) is 12.2 Å². The van der Waals surface area contributed by atoms with Gasteiger partial charge in [0.25, 0.3) is 11.6 Å². The van der Waals surface area contributed by atoms with Gasteiger partial charge in [-0.15, -0.1) is 0 Å². The van der Waals surface area contributed by atoms with E-state index in [0.717, 1.165) is 25.1 Å². The molecule has 7 heteroatoms. The number of nitrogens with zero attached hydrogens (tertiary/aromatic N) is 2. The zero-order valence-corrected chi connectivity index (χ0v) is 14.5. The number of rotatable bonds is 6. The molecule has 1 aromatic heterocycles. The first-order chi connectivity index (χ1) is 11.8. The number of aryl methyl sites for hydroxylation is 1. The molecule has 1 heterocycles. The van der Waals surface area contributed by atoms with Crippen molar-refractivity contribution in [2.45, 2.75) is 40.2 Å². The maximum atomic E-state index is 12.6. The largest absolute Gasteiger partial charge is 0.348 e. The van der Waals surface area contributed by atoms with E-state index in [1.807, 2.05) is 11.5 Å². The Hall–Kier alpha value is -2.96. The van der Waals surface area contributed by atoms with Crippen LogP contribution in [0.5, 0.6) is 0 Å². The van der Waals surface area contributed by atoms with Crippen LogP contribution in [0.4, 0.5) is 11.4 Å². The predicted octanol–water partition coefficient (Wildman–Crippen LogP) is 3.43. The zero-order valence-electron chi connectivity index (χ0n) is 14.5. The third kappa shape index (κ3) is 4.12. The number of benzene rings is 1. The lowest BCUT2D eigenvalue weighted by atomic mass is 10.1. The summed E-state index contributed by atoms with van der Waals surface area (Å²) in [6.45, 7) is 6.38. The Kier molecular flexibility index (Phi) is 5.69. The van der Waals surface area contributed by atoms with Gasteiger partial charge in [-0.05, 0) is 26.3 Å². The van der Waals surface area contributed by atoms with Crippen LogP contribution in [0, 0.1) is 24.0 Å². The summed E-state index contributed by atoms with van der Waals surface area (Å²) in [6.07, 6.45) is 1.94. The van der Waals surface area contributed by atoms with Gasteiger partial charge in [0.1, 0.15) is 5.56 Å². The van der Waals surface area contributed by atoms with Crippen LogP contribution in [-0.4, -0.2) is 15.4 Å². The highest BCUT2D eigenvalue weighted by molar-refractivity contribution is 6.05. The van der Waals surface area contributed by atoms with Gasteiger partial charge in [-0.3, -0.25) is 19.7 Å². The Morgan fingerprint density at radius 3 is 2.64 bits per heavy atom. The minimum absolute atomic E-state index is 0.0632. The molecule has 0 aliphatic carbocycles. The smallest absolute Gasteiger partial charge is 0.271 e. The van der Waals surface area contributed by atoms with Crippen molar-refractivity contribution in [3.63, 3.8) is 0 Å². The van der Waals surface area contributed by atoms with E-state index < -0.39 is 10.8 Å². The van der Waals surface area contributed by atoms with Crippen LogP contribution >= 0.6 is 0 Å². The van der Waals surface area contributed by atoms with Crippen molar-refractivity contribution >= 4 is 17.3 Å². The first-order valence-electron chi connectivity index (χ1n) is 8.12. The Morgan fingerprint density at radius 2 is 2.00 bits per heavy atom. The van der Waals surface area contributed by atoms with Crippen LogP contribution in [0.1, 0.15) is 41.5 Å². The number of carbonyl (C=O) groups is 1. The summed E-state index contributed by atoms with van der Waals surface area (Å²) in [7, 11) is 0. The molecule has 0 aliphatic heterocycles. The standard InChI is InChI=1S/C18H21N3O4/c1-4-5-9-20-12(2)10-16(22)17(13(20)3)18(23)19-14-7-6-8-15(11-14)21(24)25/h6-8,10-11H,4-5,9H2,1-3H3,(H,19,23). The minimum Gasteiger partial charge on any atom is -0.348 e. The SMILES string of the molecule is CCCCn1c(C)cc(=O)c(C(=O)Nc2cccc([N+](=O)[O-])c2)c1C. The van der Waals surface area contributed by atoms with Crippen molar-refractivity contribution in [2.75, 3.05) is 5.32 Å². The van der Waals surface area contributed by atoms with Gasteiger partial charge in [-0.25, -0.2) is 0 Å². The number of amides is 1. The quantitative estimate of drug-likeness (QED) is 0.642. The lowest BCUT2D eigenvalue weighted by Crippen LogP contribution is -2.27. The minimum atomic E-state index is -0.562. The van der Waals surface area contributed by atoms with Crippen LogP contribution in [0.15, 0.2) is 35.1 Å². The van der Waals surface area contributed by atoms with Gasteiger partial charge in [0, 0.05) is 41.8 Å². The summed E-state index contributed by atoms with van der Waals surface area (Å²) in [5, 5.41) is 13.4. The molecule has 1 N–H and O–H groups in total. The van der Waals surface area contributed by atoms with Crippen LogP contribution in [0.25, 0.3) is 0 Å². The highest BCUT2D eigenvalue weighted by Gasteiger charge is 2.18. The van der Waals surface area contributed by atoms with Crippen molar-refractivity contribution < 1.29 is 9.72 Å². The van der Waals surface area contributed by atoms with E-state index in [1.165, 1.54) is 24.3 Å². The molecule has 0 saturated heterocycles. The molecule has 0 fully saturated rings. The van der Waals surface area contributed by atoms with Gasteiger partial charge in [0.15, 0.2) is 5.43 Å². The van der Waals surface area contributed by atoms with Crippen molar-refractivity contribution in [3.05, 3.63) is 67.6 Å². The molecule has 0 unspecified atom stereocenters. The average Bonchev–Trinajstić information content (AvgIpc) is 2.54. The Labute approximate surface area is 145 Å². The summed E-state index contributed by atoms with van der Waals surface area (Å²) < 4.78 is 1.95. The number of hydrogen-bond donors (Lipinski definition) is 1. The maximum Gasteiger partial charge on any atom is 0.271 e. The number of unbranched alkanes of at least 4 members (excludes halogenated alkanes) is 1. The highest BCUT2D eigenvalue weighted by atomic mass is 16.6. The number of nitro benzene ring substituents is 1. The predicted molar refractivity (Wildman–Crippen MR) is 96.1 cm³/mol. The molecule has 7 nitrogen and oxygen atoms in total. The summed E-state index contributed by atoms with van der Waals surface area (Å²) >= 11 is 0. The van der Waals surface area contributed by atoms with Crippen molar-refractivity contribution in [1.29, 1.82) is 0 Å². The van der Waals surface area contributed by atoms with Crippen LogP contribution in [-0.2, 0) is 6.54 Å². The van der Waals surface area contributed by atoms with E-state index in [-0.39, 0.29) is 22.4 Å². The Bertz CT molecular complexity index is 871. The average molecular weight is 343 g/mol. The molecule has 1 aromatic carbocycles. The molecule has 0 bridgehead atoms. The molecule has 25 heavy (non-hydrogen) atoms. The molecule has 2 aromatic rings. The van der Waals surface area contributed by atoms with Crippen LogP contribution in [0.2, 0.25) is 0 Å². The van der Waals surface area contributed by atoms with Gasteiger partial charge in [0.05, 0.1) is 4.92 Å². The van der Waals surface area contributed by atoms with E-state index in [1.54, 1.807) is 13.0 Å². The second-order valence-electron chi connectivity index (χ2n) is 5.88. The van der Waals surface area contributed by atoms with E-state index in [4.69, 9.17) is 0 Å². The van der Waals surface area contributed by atoms with E-state index in [9.17, 15) is 19.7 Å². The number of carbonyl (C=O) groups excluding carboxylic acids is 1. The Balaban J connectivity index is 2.37. The molecule has 132 valence electrons. The van der Waals surface area contributed by atoms with Crippen molar-refractivity contribution in [2.24, 2.45) is 0 Å². The molecule has 1 amide bonds. The van der Waals surface area contributed by atoms with Crippen molar-refractivity contribution in [1.82, 2.24) is 4.57 Å². The maximum absolute atomic E-state index is 12.6. The van der Waals surface area contributed by atoms with Crippen LogP contribution < -0.4 is 10.7 Å². The third-order valence-corrected chi connectivity index (χ3v) is 4.06. The molecular weight excluding hydrogens is 322 g/mol. The first kappa shape index (κ1) is 18.4. The number of non-ortho nitro benzene ring substituents is 1. The molecular formula is C18H21N3O4. The van der Waals surface area contributed by atoms with Gasteiger partial charge in [0.2, 0.25) is 0 Å². The Morgan fingerprint density at radius 1 is 1.28 bits per heavy atom. The van der Waals surface area contributed by atoms with Crippen LogP contribution in [0.3, 0.4) is 0 Å². The first-order valence-corrected chi connectivity index (χ1v) is 8.12. The lowest BCUT2D eigenvalue weighted by Gasteiger charge is -2.17. The topological polar surface area (TPSA) is 94.2 Å². The number of aromatic nitrogens is 1. The molecule has 0 atom stereocenters. The molecule has 0 spiro atoms. The van der Waals surface area contributed by atoms with Crippen molar-refractivity contribution in [3.8, 4) is 0 Å². The lowest BCUT2D eigenvalue weighted by molar-refractivity contribution is -0.384. The molecule has 2 rings (SSSR count). The third-order valence-electron chi connectivity index (χ3n) is 4.06. The van der Waals surface area contributed by atoms with Gasteiger partial charge >= 0.3 is 0 Å². The number of pyridine rings is 1. The van der Waals surface area contributed by atoms with Gasteiger partial charge in [-0.2, -0.15) is 0 Å². The normalized spacial score (nSPS) is 10.5. The number of anilines is 1. The second-order valence-corrected chi connectivity index (χ2v) is 5.88. The molecule has 0 aliphatic rings. The molecule has 0 radical (unpaired) electrons. The fourth-order valence-electron chi connectivity index (χ4n) is 2.74. The van der Waals surface area contributed by atoms with E-state index >= 15 is 0 Å². The summed E-state index contributed by atoms with van der Waals surface area (Å²) in [4.78, 5) is 35.2. The molecule has 0 saturated carbocycles. The monoisotopic (exact) mass is 343 g/mol. The van der Waals surface area contributed by atoms with Gasteiger partial charge in [-0.1, -0.05) is 19.4 Å². The summed E-state index contributed by atoms with van der Waals surface area (Å²) in [5.74, 6) is -0.562. The fraction of sp³-hybridized carbons (Fsp3) is 0.333. The van der Waals surface area contributed by atoms with Gasteiger partial charge < -0.3 is 9.88 Å².